The Morgan fingerprint density at radius 1 is 0.492 bits per heavy atom. The van der Waals surface area contributed by atoms with E-state index < -0.39 is 13.9 Å². The van der Waals surface area contributed by atoms with E-state index in [2.05, 4.69) is 148 Å². The number of likely N-dealkylation sites (N-methyl/N-ethyl adjacent to an activating group) is 1. The molecule has 1 N–H and O–H groups in total. The zero-order chi connectivity index (χ0) is 46.2. The summed E-state index contributed by atoms with van der Waals surface area (Å²) in [6.45, 7) is 5.22. The molecule has 0 heterocycles. The standard InChI is InChI=1S/C54H88NO7P/c1-6-8-10-12-14-16-18-20-22-23-24-25-26-27-28-29-30-31-32-34-36-38-40-42-44-46-49-59-51-53(52-61-63(57,58)60-50-48-55(3,4)5)62-54(56)47-45-43-41-39-37-35-33-21-19-17-15-13-11-9-7-2/h8-11,14-17,20-22,24-25,27-28,30-31,33-34,36-37,39,53H,6-7,12-13,18-19,23,26,29,32,35,38,40-52H2,1-5H3/p+1/b10-8-,11-9-,16-14-,17-15-,22-20-,25-24-,28-27-,31-30-,33-21-,36-34-,39-37-. The third kappa shape index (κ3) is 49.5. The minimum absolute atomic E-state index is 0.0662. The van der Waals surface area contributed by atoms with Crippen LogP contribution < -0.4 is 0 Å². The maximum Gasteiger partial charge on any atom is 0.472 e. The highest BCUT2D eigenvalue weighted by atomic mass is 31.2. The summed E-state index contributed by atoms with van der Waals surface area (Å²) in [5.41, 5.74) is 0. The molecule has 0 aliphatic carbocycles. The van der Waals surface area contributed by atoms with Gasteiger partial charge in [0.1, 0.15) is 19.3 Å². The molecule has 0 saturated heterocycles. The first-order valence-electron chi connectivity index (χ1n) is 23.9. The lowest BCUT2D eigenvalue weighted by Gasteiger charge is -2.24. The van der Waals surface area contributed by atoms with E-state index in [9.17, 15) is 14.3 Å². The van der Waals surface area contributed by atoms with Crippen LogP contribution in [-0.4, -0.2) is 75.6 Å². The third-order valence-corrected chi connectivity index (χ3v) is 10.2. The Balaban J connectivity index is 4.32. The van der Waals surface area contributed by atoms with Gasteiger partial charge in [0.05, 0.1) is 34.4 Å². The molecule has 0 bridgehead atoms. The minimum atomic E-state index is -4.31. The molecule has 63 heavy (non-hydrogen) atoms. The van der Waals surface area contributed by atoms with Crippen molar-refractivity contribution in [2.24, 2.45) is 0 Å². The van der Waals surface area contributed by atoms with Crippen molar-refractivity contribution >= 4 is 13.8 Å². The Morgan fingerprint density at radius 3 is 1.29 bits per heavy atom. The van der Waals surface area contributed by atoms with Crippen LogP contribution in [0.25, 0.3) is 0 Å². The maximum atomic E-state index is 12.7. The van der Waals surface area contributed by atoms with Crippen molar-refractivity contribution < 1.29 is 37.3 Å². The Kier molecular flexibility index (Phi) is 42.8. The van der Waals surface area contributed by atoms with Gasteiger partial charge in [-0.05, 0) is 109 Å². The zero-order valence-electron chi connectivity index (χ0n) is 40.2. The summed E-state index contributed by atoms with van der Waals surface area (Å²) in [5, 5.41) is 0. The van der Waals surface area contributed by atoms with Crippen LogP contribution in [0.4, 0.5) is 0 Å². The van der Waals surface area contributed by atoms with Crippen molar-refractivity contribution in [2.75, 3.05) is 54.1 Å². The second-order valence-electron chi connectivity index (χ2n) is 16.4. The van der Waals surface area contributed by atoms with E-state index in [0.717, 1.165) is 116 Å². The molecule has 0 aliphatic rings. The van der Waals surface area contributed by atoms with E-state index in [1.165, 1.54) is 0 Å². The summed E-state index contributed by atoms with van der Waals surface area (Å²) < 4.78 is 35.0. The molecule has 0 aromatic rings. The van der Waals surface area contributed by atoms with E-state index >= 15 is 0 Å². The van der Waals surface area contributed by atoms with E-state index in [4.69, 9.17) is 18.5 Å². The lowest BCUT2D eigenvalue weighted by atomic mass is 10.1. The van der Waals surface area contributed by atoms with Gasteiger partial charge >= 0.3 is 13.8 Å². The van der Waals surface area contributed by atoms with E-state index in [1.54, 1.807) is 0 Å². The average Bonchev–Trinajstić information content (AvgIpc) is 3.24. The Labute approximate surface area is 385 Å². The summed E-state index contributed by atoms with van der Waals surface area (Å²) in [7, 11) is 1.59. The van der Waals surface area contributed by atoms with Crippen molar-refractivity contribution in [3.8, 4) is 0 Å². The van der Waals surface area contributed by atoms with Crippen LogP contribution >= 0.6 is 7.82 Å². The van der Waals surface area contributed by atoms with Gasteiger partial charge < -0.3 is 18.9 Å². The summed E-state index contributed by atoms with van der Waals surface area (Å²) >= 11 is 0. The van der Waals surface area contributed by atoms with Gasteiger partial charge in [0.25, 0.3) is 0 Å². The first-order valence-corrected chi connectivity index (χ1v) is 25.4. The predicted molar refractivity (Wildman–Crippen MR) is 270 cm³/mol. The number of hydrogen-bond donors (Lipinski definition) is 1. The molecule has 8 nitrogen and oxygen atoms in total. The first kappa shape index (κ1) is 59.6. The molecule has 0 fully saturated rings. The molecule has 0 saturated carbocycles. The van der Waals surface area contributed by atoms with Crippen molar-refractivity contribution in [3.63, 3.8) is 0 Å². The van der Waals surface area contributed by atoms with Crippen LogP contribution in [0.15, 0.2) is 134 Å². The largest absolute Gasteiger partial charge is 0.472 e. The van der Waals surface area contributed by atoms with Crippen molar-refractivity contribution in [3.05, 3.63) is 134 Å². The Morgan fingerprint density at radius 2 is 0.873 bits per heavy atom. The lowest BCUT2D eigenvalue weighted by Crippen LogP contribution is -2.37. The lowest BCUT2D eigenvalue weighted by molar-refractivity contribution is -0.870. The normalized spacial score (nSPS) is 14.8. The number of phosphoric acid groups is 1. The second kappa shape index (κ2) is 45.2. The fraction of sp³-hybridized carbons (Fsp3) is 0.574. The summed E-state index contributed by atoms with van der Waals surface area (Å²) in [5.74, 6) is -0.370. The summed E-state index contributed by atoms with van der Waals surface area (Å²) in [6, 6.07) is 0. The van der Waals surface area contributed by atoms with Crippen LogP contribution in [0.2, 0.25) is 0 Å². The molecule has 0 aromatic heterocycles. The molecular weight excluding hydrogens is 806 g/mol. The van der Waals surface area contributed by atoms with Crippen LogP contribution in [0.3, 0.4) is 0 Å². The van der Waals surface area contributed by atoms with Gasteiger partial charge in [0.2, 0.25) is 0 Å². The molecule has 2 atom stereocenters. The van der Waals surface area contributed by atoms with Gasteiger partial charge in [0.15, 0.2) is 0 Å². The number of rotatable bonds is 42. The number of carbonyl (C=O) groups excluding carboxylic acids is 1. The number of nitrogens with zero attached hydrogens (tertiary/aromatic N) is 1. The molecule has 356 valence electrons. The molecule has 2 unspecified atom stereocenters. The third-order valence-electron chi connectivity index (χ3n) is 9.21. The first-order chi connectivity index (χ1) is 30.6. The van der Waals surface area contributed by atoms with E-state index in [1.807, 2.05) is 21.1 Å². The van der Waals surface area contributed by atoms with Gasteiger partial charge in [-0.1, -0.05) is 160 Å². The molecule has 0 amide bonds. The number of hydrogen-bond acceptors (Lipinski definition) is 6. The molecule has 0 radical (unpaired) electrons. The van der Waals surface area contributed by atoms with Gasteiger partial charge in [0, 0.05) is 13.0 Å². The topological polar surface area (TPSA) is 91.3 Å². The van der Waals surface area contributed by atoms with Crippen LogP contribution in [0.5, 0.6) is 0 Å². The fourth-order valence-corrected chi connectivity index (χ4v) is 6.32. The molecule has 0 rings (SSSR count). The number of quaternary nitrogens is 1. The van der Waals surface area contributed by atoms with Gasteiger partial charge in [-0.3, -0.25) is 13.8 Å². The SMILES string of the molecule is CC/C=C\C/C=C\C/C=C\C/C=C\C/C=C\C/C=C\C/C=C\CCCCCCOCC(COP(=O)(O)OCC[N+](C)(C)C)OC(=O)CCCC/C=C\C/C=C\C/C=C\C/C=C\CC. The van der Waals surface area contributed by atoms with Gasteiger partial charge in [-0.25, -0.2) is 4.57 Å². The predicted octanol–water partition coefficient (Wildman–Crippen LogP) is 14.7. The van der Waals surface area contributed by atoms with Gasteiger partial charge in [-0.2, -0.15) is 0 Å². The van der Waals surface area contributed by atoms with Gasteiger partial charge in [-0.15, -0.1) is 0 Å². The Bertz CT molecular complexity index is 1460. The molecular formula is C54H89NO7P+. The highest BCUT2D eigenvalue weighted by molar-refractivity contribution is 7.47. The molecule has 0 spiro atoms. The molecule has 0 aliphatic heterocycles. The van der Waals surface area contributed by atoms with Crippen molar-refractivity contribution in [1.29, 1.82) is 0 Å². The summed E-state index contributed by atoms with van der Waals surface area (Å²) in [4.78, 5) is 22.9. The van der Waals surface area contributed by atoms with E-state index in [0.29, 0.717) is 24.1 Å². The number of carbonyl (C=O) groups is 1. The van der Waals surface area contributed by atoms with Crippen LogP contribution in [-0.2, 0) is 27.9 Å². The number of unbranched alkanes of at least 4 members (excludes halogenated alkanes) is 6. The van der Waals surface area contributed by atoms with E-state index in [-0.39, 0.29) is 32.2 Å². The van der Waals surface area contributed by atoms with Crippen molar-refractivity contribution in [1.82, 2.24) is 0 Å². The summed E-state index contributed by atoms with van der Waals surface area (Å²) in [6.07, 6.45) is 66.5. The fourth-order valence-electron chi connectivity index (χ4n) is 5.58. The quantitative estimate of drug-likeness (QED) is 0.0215. The Hall–Kier alpha value is -3.36. The van der Waals surface area contributed by atoms with Crippen molar-refractivity contribution in [2.45, 2.75) is 148 Å². The maximum absolute atomic E-state index is 12.7. The molecule has 0 aromatic carbocycles. The minimum Gasteiger partial charge on any atom is -0.457 e. The average molecular weight is 895 g/mol. The van der Waals surface area contributed by atoms with Crippen LogP contribution in [0, 0.1) is 0 Å². The zero-order valence-corrected chi connectivity index (χ0v) is 41.1. The molecule has 9 heteroatoms. The van der Waals surface area contributed by atoms with Crippen LogP contribution in [0.1, 0.15) is 142 Å². The number of ether oxygens (including phenoxy) is 2. The second-order valence-corrected chi connectivity index (χ2v) is 17.8. The monoisotopic (exact) mass is 895 g/mol. The number of esters is 1. The highest BCUT2D eigenvalue weighted by Crippen LogP contribution is 2.43. The smallest absolute Gasteiger partial charge is 0.457 e. The highest BCUT2D eigenvalue weighted by Gasteiger charge is 2.26. The number of phosphoric ester groups is 1. The number of allylic oxidation sites excluding steroid dienone is 22.